The maximum absolute atomic E-state index is 5.41. The molecule has 1 atom stereocenters. The molecule has 2 aromatic rings. The van der Waals surface area contributed by atoms with Crippen molar-refractivity contribution >= 4 is 0 Å². The van der Waals surface area contributed by atoms with Crippen molar-refractivity contribution in [3.8, 4) is 0 Å². The molecule has 0 spiro atoms. The summed E-state index contributed by atoms with van der Waals surface area (Å²) < 4.78 is 0. The van der Waals surface area contributed by atoms with E-state index >= 15 is 0 Å². The highest BCUT2D eigenvalue weighted by Crippen LogP contribution is 2.24. The van der Waals surface area contributed by atoms with Crippen LogP contribution in [0, 0.1) is 6.92 Å². The van der Waals surface area contributed by atoms with E-state index in [0.717, 1.165) is 0 Å². The van der Waals surface area contributed by atoms with E-state index in [1.54, 1.807) is 0 Å². The number of hydrogen-bond acceptors (Lipinski definition) is 2. The molecule has 2 nitrogen and oxygen atoms in total. The van der Waals surface area contributed by atoms with E-state index < -0.39 is 0 Å². The number of hydrogen-bond donors (Lipinski definition) is 1. The Labute approximate surface area is 109 Å². The highest BCUT2D eigenvalue weighted by molar-refractivity contribution is 5.36. The van der Waals surface area contributed by atoms with E-state index in [4.69, 9.17) is 4.84 Å². The third kappa shape index (κ3) is 2.97. The molecule has 0 aliphatic rings. The molecular weight excluding hydrogens is 222 g/mol. The SMILES string of the molecule is CCONC(c1ccccc1)c1ccccc1C. The van der Waals surface area contributed by atoms with Crippen LogP contribution in [0.25, 0.3) is 0 Å². The van der Waals surface area contributed by atoms with Gasteiger partial charge in [0.05, 0.1) is 12.6 Å². The second-order valence-electron chi connectivity index (χ2n) is 4.25. The molecule has 0 aliphatic carbocycles. The van der Waals surface area contributed by atoms with Gasteiger partial charge in [0.15, 0.2) is 0 Å². The van der Waals surface area contributed by atoms with Crippen molar-refractivity contribution in [2.45, 2.75) is 19.9 Å². The minimum atomic E-state index is 0.0762. The number of benzene rings is 2. The van der Waals surface area contributed by atoms with Gasteiger partial charge in [0.2, 0.25) is 0 Å². The maximum Gasteiger partial charge on any atom is 0.0824 e. The number of hydroxylamine groups is 1. The lowest BCUT2D eigenvalue weighted by Crippen LogP contribution is -2.23. The molecule has 0 amide bonds. The summed E-state index contributed by atoms with van der Waals surface area (Å²) in [6, 6.07) is 18.8. The first-order valence-corrected chi connectivity index (χ1v) is 6.30. The van der Waals surface area contributed by atoms with E-state index in [2.05, 4.69) is 48.8 Å². The van der Waals surface area contributed by atoms with Gasteiger partial charge in [-0.3, -0.25) is 0 Å². The van der Waals surface area contributed by atoms with Gasteiger partial charge in [-0.05, 0) is 30.5 Å². The molecule has 1 unspecified atom stereocenters. The summed E-state index contributed by atoms with van der Waals surface area (Å²) >= 11 is 0. The average molecular weight is 241 g/mol. The lowest BCUT2D eigenvalue weighted by atomic mass is 9.96. The molecule has 2 rings (SSSR count). The van der Waals surface area contributed by atoms with Gasteiger partial charge in [-0.1, -0.05) is 54.6 Å². The van der Waals surface area contributed by atoms with Gasteiger partial charge in [0.25, 0.3) is 0 Å². The zero-order valence-corrected chi connectivity index (χ0v) is 10.9. The standard InChI is InChI=1S/C16H19NO/c1-3-18-17-16(14-10-5-4-6-11-14)15-12-8-7-9-13(15)2/h4-12,16-17H,3H2,1-2H3. The van der Waals surface area contributed by atoms with Crippen LogP contribution in [0.4, 0.5) is 0 Å². The van der Waals surface area contributed by atoms with E-state index in [0.29, 0.717) is 6.61 Å². The van der Waals surface area contributed by atoms with Crippen molar-refractivity contribution in [1.82, 2.24) is 5.48 Å². The summed E-state index contributed by atoms with van der Waals surface area (Å²) in [6.07, 6.45) is 0. The highest BCUT2D eigenvalue weighted by Gasteiger charge is 2.15. The second-order valence-corrected chi connectivity index (χ2v) is 4.25. The Bertz CT molecular complexity index is 481. The predicted molar refractivity (Wildman–Crippen MR) is 74.2 cm³/mol. The zero-order valence-electron chi connectivity index (χ0n) is 10.9. The zero-order chi connectivity index (χ0) is 12.8. The van der Waals surface area contributed by atoms with Crippen molar-refractivity contribution in [2.24, 2.45) is 0 Å². The van der Waals surface area contributed by atoms with Crippen molar-refractivity contribution in [3.63, 3.8) is 0 Å². The summed E-state index contributed by atoms with van der Waals surface area (Å²) in [5, 5.41) is 0. The van der Waals surface area contributed by atoms with E-state index in [9.17, 15) is 0 Å². The predicted octanol–water partition coefficient (Wildman–Crippen LogP) is 3.63. The second kappa shape index (κ2) is 6.34. The molecule has 2 aromatic carbocycles. The van der Waals surface area contributed by atoms with Crippen molar-refractivity contribution in [2.75, 3.05) is 6.61 Å². The van der Waals surface area contributed by atoms with Crippen LogP contribution in [0.2, 0.25) is 0 Å². The normalized spacial score (nSPS) is 12.3. The summed E-state index contributed by atoms with van der Waals surface area (Å²) in [7, 11) is 0. The van der Waals surface area contributed by atoms with Gasteiger partial charge in [-0.2, -0.15) is 5.48 Å². The lowest BCUT2D eigenvalue weighted by molar-refractivity contribution is 0.0333. The Kier molecular flexibility index (Phi) is 4.51. The summed E-state index contributed by atoms with van der Waals surface area (Å²) in [5.41, 5.74) is 6.86. The number of aryl methyl sites for hydroxylation is 1. The van der Waals surface area contributed by atoms with E-state index in [1.165, 1.54) is 16.7 Å². The molecule has 94 valence electrons. The van der Waals surface area contributed by atoms with Gasteiger partial charge < -0.3 is 4.84 Å². The molecule has 0 saturated heterocycles. The largest absolute Gasteiger partial charge is 0.301 e. The fraction of sp³-hybridized carbons (Fsp3) is 0.250. The maximum atomic E-state index is 5.41. The Morgan fingerprint density at radius 3 is 2.33 bits per heavy atom. The monoisotopic (exact) mass is 241 g/mol. The molecule has 0 aliphatic heterocycles. The lowest BCUT2D eigenvalue weighted by Gasteiger charge is -2.20. The fourth-order valence-corrected chi connectivity index (χ4v) is 2.03. The molecule has 0 bridgehead atoms. The quantitative estimate of drug-likeness (QED) is 0.807. The van der Waals surface area contributed by atoms with Crippen LogP contribution in [0.15, 0.2) is 54.6 Å². The van der Waals surface area contributed by atoms with Crippen molar-refractivity contribution in [3.05, 3.63) is 71.3 Å². The summed E-state index contributed by atoms with van der Waals surface area (Å²) in [4.78, 5) is 5.41. The van der Waals surface area contributed by atoms with Crippen LogP contribution in [0.3, 0.4) is 0 Å². The molecule has 18 heavy (non-hydrogen) atoms. The first-order chi connectivity index (χ1) is 8.83. The molecule has 2 heteroatoms. The first kappa shape index (κ1) is 12.8. The molecule has 0 fully saturated rings. The van der Waals surface area contributed by atoms with Crippen LogP contribution in [0.1, 0.15) is 29.7 Å². The van der Waals surface area contributed by atoms with E-state index in [1.807, 2.05) is 25.1 Å². The first-order valence-electron chi connectivity index (χ1n) is 6.30. The fourth-order valence-electron chi connectivity index (χ4n) is 2.03. The van der Waals surface area contributed by atoms with Crippen LogP contribution < -0.4 is 5.48 Å². The Morgan fingerprint density at radius 2 is 1.67 bits per heavy atom. The highest BCUT2D eigenvalue weighted by atomic mass is 16.6. The van der Waals surface area contributed by atoms with Gasteiger partial charge in [-0.15, -0.1) is 0 Å². The summed E-state index contributed by atoms with van der Waals surface area (Å²) in [6.45, 7) is 4.75. The summed E-state index contributed by atoms with van der Waals surface area (Å²) in [5.74, 6) is 0. The van der Waals surface area contributed by atoms with Crippen LogP contribution >= 0.6 is 0 Å². The third-order valence-corrected chi connectivity index (χ3v) is 2.98. The van der Waals surface area contributed by atoms with Crippen molar-refractivity contribution < 1.29 is 4.84 Å². The molecule has 1 N–H and O–H groups in total. The van der Waals surface area contributed by atoms with Gasteiger partial charge in [-0.25, -0.2) is 0 Å². The van der Waals surface area contributed by atoms with Crippen LogP contribution in [-0.2, 0) is 4.84 Å². The molecular formula is C16H19NO. The Morgan fingerprint density at radius 1 is 1.00 bits per heavy atom. The Hall–Kier alpha value is -1.64. The molecule has 0 saturated carbocycles. The number of nitrogens with one attached hydrogen (secondary N) is 1. The topological polar surface area (TPSA) is 21.3 Å². The average Bonchev–Trinajstić information content (AvgIpc) is 2.42. The van der Waals surface area contributed by atoms with Gasteiger partial charge in [0.1, 0.15) is 0 Å². The van der Waals surface area contributed by atoms with Crippen molar-refractivity contribution in [1.29, 1.82) is 0 Å². The third-order valence-electron chi connectivity index (χ3n) is 2.98. The smallest absolute Gasteiger partial charge is 0.0824 e. The van der Waals surface area contributed by atoms with Crippen LogP contribution in [-0.4, -0.2) is 6.61 Å². The van der Waals surface area contributed by atoms with E-state index in [-0.39, 0.29) is 6.04 Å². The number of rotatable bonds is 5. The molecule has 0 heterocycles. The van der Waals surface area contributed by atoms with Crippen LogP contribution in [0.5, 0.6) is 0 Å². The molecule has 0 radical (unpaired) electrons. The minimum absolute atomic E-state index is 0.0762. The van der Waals surface area contributed by atoms with Gasteiger partial charge >= 0.3 is 0 Å². The molecule has 0 aromatic heterocycles. The van der Waals surface area contributed by atoms with Gasteiger partial charge in [0, 0.05) is 0 Å². The Balaban J connectivity index is 2.34. The minimum Gasteiger partial charge on any atom is -0.301 e.